The van der Waals surface area contributed by atoms with E-state index in [1.807, 2.05) is 30.3 Å². The van der Waals surface area contributed by atoms with Gasteiger partial charge in [-0.25, -0.2) is 0 Å². The zero-order valence-electron chi connectivity index (χ0n) is 18.6. The first-order valence-electron chi connectivity index (χ1n) is 12.0. The van der Waals surface area contributed by atoms with Crippen molar-refractivity contribution < 1.29 is 14.4 Å². The lowest BCUT2D eigenvalue weighted by Crippen LogP contribution is -2.44. The number of hydrogen-bond acceptors (Lipinski definition) is 4. The molecule has 3 aliphatic rings. The van der Waals surface area contributed by atoms with Crippen LogP contribution in [0, 0.1) is 11.8 Å². The van der Waals surface area contributed by atoms with Crippen LogP contribution in [0.5, 0.6) is 0 Å². The third-order valence-corrected chi connectivity index (χ3v) is 9.04. The van der Waals surface area contributed by atoms with Crippen LogP contribution in [0.25, 0.3) is 11.3 Å². The number of rotatable bonds is 6. The van der Waals surface area contributed by atoms with Gasteiger partial charge in [0.15, 0.2) is 0 Å². The third kappa shape index (κ3) is 3.94. The summed E-state index contributed by atoms with van der Waals surface area (Å²) < 4.78 is 13.3. The first kappa shape index (κ1) is 23.1. The Balaban J connectivity index is 1.24. The van der Waals surface area contributed by atoms with Gasteiger partial charge in [0.05, 0.1) is 28.4 Å². The van der Waals surface area contributed by atoms with Gasteiger partial charge in [0.2, 0.25) is 0 Å². The molecule has 0 radical (unpaired) electrons. The van der Waals surface area contributed by atoms with Gasteiger partial charge in [-0.1, -0.05) is 62.5 Å². The Bertz CT molecular complexity index is 1190. The molecule has 4 atom stereocenters. The lowest BCUT2D eigenvalue weighted by Gasteiger charge is -2.43. The molecule has 0 unspecified atom stereocenters. The Morgan fingerprint density at radius 3 is 2.35 bits per heavy atom. The lowest BCUT2D eigenvalue weighted by molar-refractivity contribution is -0.116. The first-order chi connectivity index (χ1) is 16.4. The minimum Gasteiger partial charge on any atom is -0.385 e. The normalized spacial score (nSPS) is 28.4. The molecule has 3 aliphatic carbocycles. The molecule has 1 heterocycles. The third-order valence-electron chi connectivity index (χ3n) is 7.92. The predicted molar refractivity (Wildman–Crippen MR) is 136 cm³/mol. The standard InChI is InChI=1S/C27H26BrCl2NO3/c28-19-4-1-3-16(11-19)27(32)17-9-10-18(27)13-20(12-17)33-14-21-25(31-34-26(21)15-7-8-15)24-22(29)5-2-6-23(24)30/h1-6,11,15,17-18,20,32H,7-10,12-14H2/t17-,18+,20-,27+. The molecule has 34 heavy (non-hydrogen) atoms. The van der Waals surface area contributed by atoms with Crippen molar-refractivity contribution >= 4 is 39.1 Å². The van der Waals surface area contributed by atoms with Gasteiger partial charge in [-0.05, 0) is 80.2 Å². The smallest absolute Gasteiger partial charge is 0.145 e. The van der Waals surface area contributed by atoms with Crippen LogP contribution in [-0.2, 0) is 16.9 Å². The van der Waals surface area contributed by atoms with Crippen LogP contribution in [-0.4, -0.2) is 16.4 Å². The van der Waals surface area contributed by atoms with Crippen LogP contribution in [0.15, 0.2) is 51.5 Å². The fourth-order valence-electron chi connectivity index (χ4n) is 6.10. The van der Waals surface area contributed by atoms with Crippen LogP contribution in [0.1, 0.15) is 61.3 Å². The van der Waals surface area contributed by atoms with E-state index in [9.17, 15) is 5.11 Å². The summed E-state index contributed by atoms with van der Waals surface area (Å²) in [5, 5.41) is 17.3. The maximum Gasteiger partial charge on any atom is 0.145 e. The summed E-state index contributed by atoms with van der Waals surface area (Å²) in [5.74, 6) is 1.67. The minimum absolute atomic E-state index is 0.0847. The van der Waals surface area contributed by atoms with E-state index in [0.29, 0.717) is 33.8 Å². The Morgan fingerprint density at radius 2 is 1.71 bits per heavy atom. The van der Waals surface area contributed by atoms with Gasteiger partial charge in [0.1, 0.15) is 11.5 Å². The number of nitrogens with zero attached hydrogens (tertiary/aromatic N) is 1. The number of aromatic nitrogens is 1. The molecule has 6 rings (SSSR count). The van der Waals surface area contributed by atoms with Crippen molar-refractivity contribution in [1.29, 1.82) is 0 Å². The molecule has 0 amide bonds. The van der Waals surface area contributed by atoms with Crippen molar-refractivity contribution in [2.24, 2.45) is 11.8 Å². The van der Waals surface area contributed by atoms with Gasteiger partial charge in [-0.3, -0.25) is 0 Å². The summed E-state index contributed by atoms with van der Waals surface area (Å²) >= 11 is 16.6. The lowest BCUT2D eigenvalue weighted by atomic mass is 9.69. The maximum atomic E-state index is 11.8. The highest BCUT2D eigenvalue weighted by atomic mass is 79.9. The second-order valence-corrected chi connectivity index (χ2v) is 11.7. The largest absolute Gasteiger partial charge is 0.385 e. The zero-order chi connectivity index (χ0) is 23.4. The van der Waals surface area contributed by atoms with E-state index in [2.05, 4.69) is 33.2 Å². The first-order valence-corrected chi connectivity index (χ1v) is 13.5. The summed E-state index contributed by atoms with van der Waals surface area (Å²) in [7, 11) is 0. The highest BCUT2D eigenvalue weighted by Gasteiger charge is 2.54. The van der Waals surface area contributed by atoms with Crippen molar-refractivity contribution in [2.75, 3.05) is 0 Å². The quantitative estimate of drug-likeness (QED) is 0.332. The monoisotopic (exact) mass is 561 g/mol. The number of halogens is 3. The molecular weight excluding hydrogens is 537 g/mol. The number of hydrogen-bond donors (Lipinski definition) is 1. The van der Waals surface area contributed by atoms with Crippen LogP contribution >= 0.6 is 39.1 Å². The minimum atomic E-state index is -0.781. The van der Waals surface area contributed by atoms with E-state index in [1.54, 1.807) is 0 Å². The molecule has 0 saturated heterocycles. The van der Waals surface area contributed by atoms with Crippen LogP contribution in [0.3, 0.4) is 0 Å². The fourth-order valence-corrected chi connectivity index (χ4v) is 7.07. The molecular formula is C27H26BrCl2NO3. The molecule has 2 aromatic carbocycles. The Morgan fingerprint density at radius 1 is 1.03 bits per heavy atom. The SMILES string of the molecule is O[C@@]1(c2cccc(Br)c2)[C@@H]2CC[C@H]1C[C@H](OCc1c(-c3c(Cl)cccc3Cl)noc1C1CC1)C2. The molecule has 2 bridgehead atoms. The molecule has 178 valence electrons. The van der Waals surface area contributed by atoms with Crippen molar-refractivity contribution in [2.45, 2.75) is 62.8 Å². The number of benzene rings is 2. The molecule has 1 N–H and O–H groups in total. The van der Waals surface area contributed by atoms with Gasteiger partial charge >= 0.3 is 0 Å². The van der Waals surface area contributed by atoms with Gasteiger partial charge in [0, 0.05) is 21.5 Å². The topological polar surface area (TPSA) is 55.5 Å². The summed E-state index contributed by atoms with van der Waals surface area (Å²) in [4.78, 5) is 0. The van der Waals surface area contributed by atoms with Crippen molar-refractivity contribution in [3.05, 3.63) is 73.9 Å². The van der Waals surface area contributed by atoms with Gasteiger partial charge in [-0.15, -0.1) is 0 Å². The second kappa shape index (κ2) is 8.94. The van der Waals surface area contributed by atoms with Gasteiger partial charge in [-0.2, -0.15) is 0 Å². The molecule has 4 nitrogen and oxygen atoms in total. The number of aliphatic hydroxyl groups is 1. The van der Waals surface area contributed by atoms with Crippen LogP contribution < -0.4 is 0 Å². The molecule has 7 heteroatoms. The van der Waals surface area contributed by atoms with E-state index in [4.69, 9.17) is 32.5 Å². The van der Waals surface area contributed by atoms with Crippen LogP contribution in [0.2, 0.25) is 10.0 Å². The van der Waals surface area contributed by atoms with Gasteiger partial charge < -0.3 is 14.4 Å². The molecule has 3 saturated carbocycles. The Hall–Kier alpha value is -1.37. The van der Waals surface area contributed by atoms with E-state index >= 15 is 0 Å². The molecule has 3 aromatic rings. The summed E-state index contributed by atoms with van der Waals surface area (Å²) in [5.41, 5.74) is 2.57. The van der Waals surface area contributed by atoms with Gasteiger partial charge in [0.25, 0.3) is 0 Å². The highest BCUT2D eigenvalue weighted by Crippen LogP contribution is 2.56. The zero-order valence-corrected chi connectivity index (χ0v) is 21.7. The summed E-state index contributed by atoms with van der Waals surface area (Å²) in [6, 6.07) is 13.6. The van der Waals surface area contributed by atoms with Crippen molar-refractivity contribution in [3.8, 4) is 11.3 Å². The number of fused-ring (bicyclic) bond motifs is 2. The second-order valence-electron chi connectivity index (χ2n) is 9.96. The molecule has 3 fully saturated rings. The average Bonchev–Trinajstić information content (AvgIpc) is 3.56. The maximum absolute atomic E-state index is 11.8. The Labute approximate surface area is 217 Å². The fraction of sp³-hybridized carbons (Fsp3) is 0.444. The molecule has 0 aliphatic heterocycles. The summed E-state index contributed by atoms with van der Waals surface area (Å²) in [6.45, 7) is 0.408. The number of ether oxygens (including phenoxy) is 1. The molecule has 1 aromatic heterocycles. The highest BCUT2D eigenvalue weighted by molar-refractivity contribution is 9.10. The van der Waals surface area contributed by atoms with Crippen molar-refractivity contribution in [3.63, 3.8) is 0 Å². The average molecular weight is 563 g/mol. The Kier molecular flexibility index (Phi) is 6.06. The van der Waals surface area contributed by atoms with E-state index in [-0.39, 0.29) is 17.9 Å². The van der Waals surface area contributed by atoms with E-state index in [0.717, 1.165) is 59.9 Å². The predicted octanol–water partition coefficient (Wildman–Crippen LogP) is 7.88. The van der Waals surface area contributed by atoms with Crippen LogP contribution in [0.4, 0.5) is 0 Å². The molecule has 0 spiro atoms. The van der Waals surface area contributed by atoms with E-state index in [1.165, 1.54) is 0 Å². The summed E-state index contributed by atoms with van der Waals surface area (Å²) in [6.07, 6.45) is 6.01. The van der Waals surface area contributed by atoms with Crippen molar-refractivity contribution in [1.82, 2.24) is 5.16 Å². The van der Waals surface area contributed by atoms with E-state index < -0.39 is 5.60 Å².